The van der Waals surface area contributed by atoms with Crippen molar-refractivity contribution in [2.24, 2.45) is 4.99 Å². The number of benzene rings is 1. The maximum atomic E-state index is 5.18. The van der Waals surface area contributed by atoms with Gasteiger partial charge >= 0.3 is 0 Å². The summed E-state index contributed by atoms with van der Waals surface area (Å²) in [6.07, 6.45) is 2.10. The lowest BCUT2D eigenvalue weighted by atomic mass is 10.1. The van der Waals surface area contributed by atoms with Crippen molar-refractivity contribution in [2.75, 3.05) is 27.2 Å². The number of hydrogen-bond acceptors (Lipinski definition) is 3. The summed E-state index contributed by atoms with van der Waals surface area (Å²) in [6, 6.07) is 12.5. The SMILES string of the molecule is CN=C(NCCCc1ccc(OC)cc1)NCC(C)c1cccs1. The average molecular weight is 346 g/mol. The van der Waals surface area contributed by atoms with Crippen LogP contribution in [0.5, 0.6) is 5.75 Å². The van der Waals surface area contributed by atoms with Crippen LogP contribution in [0.2, 0.25) is 0 Å². The molecule has 2 aromatic rings. The maximum Gasteiger partial charge on any atom is 0.190 e. The van der Waals surface area contributed by atoms with Gasteiger partial charge in [-0.05, 0) is 42.0 Å². The van der Waals surface area contributed by atoms with Crippen LogP contribution in [0.15, 0.2) is 46.8 Å². The highest BCUT2D eigenvalue weighted by molar-refractivity contribution is 7.10. The topological polar surface area (TPSA) is 45.7 Å². The van der Waals surface area contributed by atoms with Crippen LogP contribution in [0, 0.1) is 0 Å². The average Bonchev–Trinajstić information content (AvgIpc) is 3.16. The number of methoxy groups -OCH3 is 1. The van der Waals surface area contributed by atoms with E-state index < -0.39 is 0 Å². The first kappa shape index (κ1) is 18.3. The number of guanidine groups is 1. The van der Waals surface area contributed by atoms with Gasteiger partial charge in [0, 0.05) is 30.9 Å². The van der Waals surface area contributed by atoms with Gasteiger partial charge in [-0.2, -0.15) is 0 Å². The van der Waals surface area contributed by atoms with E-state index in [4.69, 9.17) is 4.74 Å². The third-order valence-corrected chi connectivity index (χ3v) is 5.03. The number of aryl methyl sites for hydroxylation is 1. The van der Waals surface area contributed by atoms with Crippen molar-refractivity contribution in [3.8, 4) is 5.75 Å². The smallest absolute Gasteiger partial charge is 0.190 e. The molecule has 0 spiro atoms. The second-order valence-electron chi connectivity index (χ2n) is 5.75. The first-order valence-corrected chi connectivity index (χ1v) is 9.21. The summed E-state index contributed by atoms with van der Waals surface area (Å²) in [6.45, 7) is 4.02. The highest BCUT2D eigenvalue weighted by Crippen LogP contribution is 2.19. The third kappa shape index (κ3) is 5.89. The van der Waals surface area contributed by atoms with Crippen molar-refractivity contribution < 1.29 is 4.74 Å². The number of hydrogen-bond donors (Lipinski definition) is 2. The third-order valence-electron chi connectivity index (χ3n) is 3.92. The van der Waals surface area contributed by atoms with Gasteiger partial charge in [-0.25, -0.2) is 0 Å². The minimum atomic E-state index is 0.489. The highest BCUT2D eigenvalue weighted by atomic mass is 32.1. The second kappa shape index (κ2) is 9.98. The first-order chi connectivity index (χ1) is 11.7. The Morgan fingerprint density at radius 2 is 2.00 bits per heavy atom. The van der Waals surface area contributed by atoms with Crippen LogP contribution < -0.4 is 15.4 Å². The van der Waals surface area contributed by atoms with Gasteiger partial charge in [0.15, 0.2) is 5.96 Å². The van der Waals surface area contributed by atoms with Gasteiger partial charge in [0.2, 0.25) is 0 Å². The zero-order valence-electron chi connectivity index (χ0n) is 14.7. The Kier molecular flexibility index (Phi) is 7.62. The van der Waals surface area contributed by atoms with Gasteiger partial charge in [-0.1, -0.05) is 25.1 Å². The molecule has 1 atom stereocenters. The number of rotatable bonds is 8. The van der Waals surface area contributed by atoms with Gasteiger partial charge < -0.3 is 15.4 Å². The monoisotopic (exact) mass is 345 g/mol. The molecular weight excluding hydrogens is 318 g/mol. The van der Waals surface area contributed by atoms with Crippen molar-refractivity contribution in [2.45, 2.75) is 25.7 Å². The van der Waals surface area contributed by atoms with Crippen LogP contribution in [0.4, 0.5) is 0 Å². The molecule has 1 heterocycles. The lowest BCUT2D eigenvalue weighted by Crippen LogP contribution is -2.39. The fourth-order valence-corrected chi connectivity index (χ4v) is 3.22. The standard InChI is InChI=1S/C19H27N3OS/c1-15(18-7-5-13-24-18)14-22-19(20-2)21-12-4-6-16-8-10-17(23-3)11-9-16/h5,7-11,13,15H,4,6,12,14H2,1-3H3,(H2,20,21,22). The molecule has 0 saturated heterocycles. The Morgan fingerprint density at radius 1 is 1.21 bits per heavy atom. The van der Waals surface area contributed by atoms with Gasteiger partial charge in [0.25, 0.3) is 0 Å². The zero-order chi connectivity index (χ0) is 17.2. The highest BCUT2D eigenvalue weighted by Gasteiger charge is 2.07. The number of aliphatic imine (C=N–C) groups is 1. The molecular formula is C19H27N3OS. The molecule has 0 bridgehead atoms. The van der Waals surface area contributed by atoms with Gasteiger partial charge in [-0.3, -0.25) is 4.99 Å². The maximum absolute atomic E-state index is 5.18. The van der Waals surface area contributed by atoms with E-state index in [0.29, 0.717) is 5.92 Å². The Balaban J connectivity index is 1.66. The summed E-state index contributed by atoms with van der Waals surface area (Å²) in [5.74, 6) is 2.26. The Labute approximate surface area is 149 Å². The predicted molar refractivity (Wildman–Crippen MR) is 103 cm³/mol. The number of nitrogens with zero attached hydrogens (tertiary/aromatic N) is 1. The molecule has 4 nitrogen and oxygen atoms in total. The molecule has 2 N–H and O–H groups in total. The van der Waals surface area contributed by atoms with E-state index in [9.17, 15) is 0 Å². The molecule has 1 aromatic carbocycles. The normalized spacial score (nSPS) is 12.7. The van der Waals surface area contributed by atoms with Crippen LogP contribution in [0.1, 0.15) is 29.7 Å². The molecule has 1 aromatic heterocycles. The molecule has 0 aliphatic heterocycles. The molecule has 0 aliphatic carbocycles. The summed E-state index contributed by atoms with van der Waals surface area (Å²) in [5, 5.41) is 8.90. The summed E-state index contributed by atoms with van der Waals surface area (Å²) in [5.41, 5.74) is 1.33. The van der Waals surface area contributed by atoms with Crippen molar-refractivity contribution in [3.05, 3.63) is 52.2 Å². The molecule has 5 heteroatoms. The molecule has 24 heavy (non-hydrogen) atoms. The molecule has 0 saturated carbocycles. The zero-order valence-corrected chi connectivity index (χ0v) is 15.5. The van der Waals surface area contributed by atoms with E-state index in [1.165, 1.54) is 10.4 Å². The summed E-state index contributed by atoms with van der Waals surface area (Å²) in [7, 11) is 3.51. The van der Waals surface area contributed by atoms with Crippen LogP contribution in [-0.4, -0.2) is 33.2 Å². The molecule has 1 unspecified atom stereocenters. The minimum absolute atomic E-state index is 0.489. The van der Waals surface area contributed by atoms with E-state index in [2.05, 4.69) is 52.2 Å². The van der Waals surface area contributed by atoms with E-state index in [-0.39, 0.29) is 0 Å². The Hall–Kier alpha value is -2.01. The van der Waals surface area contributed by atoms with Crippen LogP contribution in [0.3, 0.4) is 0 Å². The fourth-order valence-electron chi connectivity index (χ4n) is 2.43. The van der Waals surface area contributed by atoms with Gasteiger partial charge in [-0.15, -0.1) is 11.3 Å². The number of nitrogens with one attached hydrogen (secondary N) is 2. The van der Waals surface area contributed by atoms with Crippen LogP contribution in [-0.2, 0) is 6.42 Å². The lowest BCUT2D eigenvalue weighted by molar-refractivity contribution is 0.414. The quantitative estimate of drug-likeness (QED) is 0.436. The lowest BCUT2D eigenvalue weighted by Gasteiger charge is -2.15. The Bertz CT molecular complexity index is 608. The van der Waals surface area contributed by atoms with Crippen molar-refractivity contribution in [1.29, 1.82) is 0 Å². The fraction of sp³-hybridized carbons (Fsp3) is 0.421. The second-order valence-corrected chi connectivity index (χ2v) is 6.73. The van der Waals surface area contributed by atoms with E-state index in [1.54, 1.807) is 18.4 Å². The molecule has 0 aliphatic rings. The number of ether oxygens (including phenoxy) is 1. The minimum Gasteiger partial charge on any atom is -0.497 e. The van der Waals surface area contributed by atoms with Crippen LogP contribution >= 0.6 is 11.3 Å². The van der Waals surface area contributed by atoms with Gasteiger partial charge in [0.05, 0.1) is 7.11 Å². The number of thiophene rings is 1. The molecule has 0 amide bonds. The summed E-state index contributed by atoms with van der Waals surface area (Å²) in [4.78, 5) is 5.69. The van der Waals surface area contributed by atoms with E-state index in [1.807, 2.05) is 19.2 Å². The largest absolute Gasteiger partial charge is 0.497 e. The van der Waals surface area contributed by atoms with E-state index in [0.717, 1.165) is 37.6 Å². The molecule has 0 fully saturated rings. The predicted octanol–water partition coefficient (Wildman–Crippen LogP) is 3.66. The molecule has 130 valence electrons. The summed E-state index contributed by atoms with van der Waals surface area (Å²) >= 11 is 1.80. The first-order valence-electron chi connectivity index (χ1n) is 8.33. The van der Waals surface area contributed by atoms with Crippen molar-refractivity contribution in [1.82, 2.24) is 10.6 Å². The van der Waals surface area contributed by atoms with Crippen molar-refractivity contribution in [3.63, 3.8) is 0 Å². The molecule has 0 radical (unpaired) electrons. The summed E-state index contributed by atoms with van der Waals surface area (Å²) < 4.78 is 5.18. The van der Waals surface area contributed by atoms with Crippen LogP contribution in [0.25, 0.3) is 0 Å². The van der Waals surface area contributed by atoms with Gasteiger partial charge in [0.1, 0.15) is 5.75 Å². The van der Waals surface area contributed by atoms with Crippen molar-refractivity contribution >= 4 is 17.3 Å². The Morgan fingerprint density at radius 3 is 2.62 bits per heavy atom. The van der Waals surface area contributed by atoms with E-state index >= 15 is 0 Å². The molecule has 2 rings (SSSR count).